The third-order valence-electron chi connectivity index (χ3n) is 3.76. The van der Waals surface area contributed by atoms with Crippen LogP contribution in [-0.2, 0) is 4.84 Å². The van der Waals surface area contributed by atoms with Crippen LogP contribution in [0.4, 0.5) is 0 Å². The monoisotopic (exact) mass is 206 g/mol. The molecule has 1 fully saturated rings. The van der Waals surface area contributed by atoms with E-state index in [0.717, 1.165) is 13.0 Å². The van der Waals surface area contributed by atoms with E-state index in [1.165, 1.54) is 37.1 Å². The number of oxime groups is 1. The molecule has 2 atom stereocenters. The largest absolute Gasteiger partial charge is 0.392 e. The lowest BCUT2D eigenvalue weighted by atomic mass is 9.92. The van der Waals surface area contributed by atoms with Gasteiger partial charge in [0.2, 0.25) is 0 Å². The van der Waals surface area contributed by atoms with E-state index in [9.17, 15) is 0 Å². The maximum absolute atomic E-state index is 5.51. The standard InChI is InChI=1S/C12H18N2O/c1-14-7-3-4-9(8-14)12-10-5-2-6-11(10)15-13-12/h4,10-11H,2-3,5-8H2,1H3. The molecule has 3 rings (SSSR count). The van der Waals surface area contributed by atoms with Gasteiger partial charge < -0.3 is 9.74 Å². The molecule has 2 unspecified atom stereocenters. The average Bonchev–Trinajstić information content (AvgIpc) is 2.77. The van der Waals surface area contributed by atoms with Gasteiger partial charge in [0, 0.05) is 19.0 Å². The summed E-state index contributed by atoms with van der Waals surface area (Å²) in [6.45, 7) is 2.22. The number of hydrogen-bond acceptors (Lipinski definition) is 3. The Balaban J connectivity index is 1.79. The minimum absolute atomic E-state index is 0.396. The van der Waals surface area contributed by atoms with Gasteiger partial charge in [-0.15, -0.1) is 0 Å². The molecular weight excluding hydrogens is 188 g/mol. The summed E-state index contributed by atoms with van der Waals surface area (Å²) in [5.74, 6) is 0.600. The van der Waals surface area contributed by atoms with Crippen molar-refractivity contribution in [3.63, 3.8) is 0 Å². The molecule has 82 valence electrons. The van der Waals surface area contributed by atoms with Crippen molar-refractivity contribution in [3.8, 4) is 0 Å². The second-order valence-electron chi connectivity index (χ2n) is 4.91. The van der Waals surface area contributed by atoms with Crippen molar-refractivity contribution in [2.45, 2.75) is 31.8 Å². The van der Waals surface area contributed by atoms with Crippen molar-refractivity contribution in [1.29, 1.82) is 0 Å². The first-order valence-corrected chi connectivity index (χ1v) is 5.96. The molecule has 3 nitrogen and oxygen atoms in total. The lowest BCUT2D eigenvalue weighted by molar-refractivity contribution is 0.0746. The van der Waals surface area contributed by atoms with Crippen LogP contribution in [0, 0.1) is 5.92 Å². The molecule has 0 N–H and O–H groups in total. The highest BCUT2D eigenvalue weighted by atomic mass is 16.6. The molecule has 0 aromatic heterocycles. The first kappa shape index (κ1) is 9.40. The highest BCUT2D eigenvalue weighted by molar-refractivity contribution is 6.03. The molecule has 0 aromatic rings. The van der Waals surface area contributed by atoms with Gasteiger partial charge in [-0.2, -0.15) is 0 Å². The van der Waals surface area contributed by atoms with Crippen molar-refractivity contribution in [2.24, 2.45) is 11.1 Å². The molecule has 0 bridgehead atoms. The second kappa shape index (κ2) is 3.63. The Kier molecular flexibility index (Phi) is 2.28. The average molecular weight is 206 g/mol. The summed E-state index contributed by atoms with van der Waals surface area (Å²) in [6.07, 6.45) is 7.67. The SMILES string of the molecule is CN1CCC=C(C2=NOC3CCCC23)C1. The van der Waals surface area contributed by atoms with Crippen LogP contribution in [0.25, 0.3) is 0 Å². The van der Waals surface area contributed by atoms with E-state index in [2.05, 4.69) is 23.2 Å². The predicted molar refractivity (Wildman–Crippen MR) is 59.8 cm³/mol. The Labute approximate surface area is 90.8 Å². The molecule has 0 saturated heterocycles. The maximum Gasteiger partial charge on any atom is 0.136 e. The van der Waals surface area contributed by atoms with E-state index in [1.807, 2.05) is 0 Å². The van der Waals surface area contributed by atoms with Gasteiger partial charge in [-0.3, -0.25) is 0 Å². The topological polar surface area (TPSA) is 24.8 Å². The van der Waals surface area contributed by atoms with Gasteiger partial charge in [0.05, 0.1) is 5.71 Å². The van der Waals surface area contributed by atoms with Gasteiger partial charge in [-0.05, 0) is 38.3 Å². The quantitative estimate of drug-likeness (QED) is 0.653. The highest BCUT2D eigenvalue weighted by Gasteiger charge is 2.39. The first-order chi connectivity index (χ1) is 7.34. The minimum atomic E-state index is 0.396. The molecule has 0 amide bonds. The lowest BCUT2D eigenvalue weighted by Crippen LogP contribution is -2.31. The molecule has 3 heteroatoms. The van der Waals surface area contributed by atoms with E-state index in [4.69, 9.17) is 4.84 Å². The van der Waals surface area contributed by atoms with Crippen LogP contribution >= 0.6 is 0 Å². The van der Waals surface area contributed by atoms with Gasteiger partial charge in [-0.1, -0.05) is 11.2 Å². The summed E-state index contributed by atoms with van der Waals surface area (Å²) in [5.41, 5.74) is 2.67. The Morgan fingerprint density at radius 3 is 3.27 bits per heavy atom. The molecule has 2 heterocycles. The van der Waals surface area contributed by atoms with Gasteiger partial charge in [0.1, 0.15) is 6.10 Å². The van der Waals surface area contributed by atoms with Crippen molar-refractivity contribution in [1.82, 2.24) is 4.90 Å². The lowest BCUT2D eigenvalue weighted by Gasteiger charge is -2.23. The van der Waals surface area contributed by atoms with Crippen LogP contribution < -0.4 is 0 Å². The number of rotatable bonds is 1. The van der Waals surface area contributed by atoms with Crippen LogP contribution in [0.15, 0.2) is 16.8 Å². The molecule has 0 spiro atoms. The van der Waals surface area contributed by atoms with Crippen LogP contribution in [0.5, 0.6) is 0 Å². The molecular formula is C12H18N2O. The summed E-state index contributed by atoms with van der Waals surface area (Å²) >= 11 is 0. The van der Waals surface area contributed by atoms with Gasteiger partial charge in [0.15, 0.2) is 0 Å². The summed E-state index contributed by atoms with van der Waals surface area (Å²) in [7, 11) is 2.18. The molecule has 0 radical (unpaired) electrons. The van der Waals surface area contributed by atoms with Crippen LogP contribution in [0.3, 0.4) is 0 Å². The summed E-state index contributed by atoms with van der Waals surface area (Å²) in [5, 5.41) is 4.30. The summed E-state index contributed by atoms with van der Waals surface area (Å²) in [4.78, 5) is 7.87. The molecule has 0 aromatic carbocycles. The zero-order chi connectivity index (χ0) is 10.3. The minimum Gasteiger partial charge on any atom is -0.392 e. The Morgan fingerprint density at radius 1 is 1.47 bits per heavy atom. The Hall–Kier alpha value is -0.830. The Morgan fingerprint density at radius 2 is 2.40 bits per heavy atom. The Bertz CT molecular complexity index is 322. The van der Waals surface area contributed by atoms with Gasteiger partial charge in [0.25, 0.3) is 0 Å². The van der Waals surface area contributed by atoms with Crippen LogP contribution in [0.1, 0.15) is 25.7 Å². The number of likely N-dealkylation sites (N-methyl/N-ethyl adjacent to an activating group) is 1. The number of fused-ring (bicyclic) bond motifs is 1. The van der Waals surface area contributed by atoms with Crippen molar-refractivity contribution in [2.75, 3.05) is 20.1 Å². The number of hydrogen-bond donors (Lipinski definition) is 0. The fraction of sp³-hybridized carbons (Fsp3) is 0.750. The normalized spacial score (nSPS) is 35.8. The molecule has 3 aliphatic rings. The van der Waals surface area contributed by atoms with Gasteiger partial charge >= 0.3 is 0 Å². The highest BCUT2D eigenvalue weighted by Crippen LogP contribution is 2.36. The fourth-order valence-corrected chi connectivity index (χ4v) is 2.93. The smallest absolute Gasteiger partial charge is 0.136 e. The molecule has 2 aliphatic heterocycles. The summed E-state index contributed by atoms with van der Waals surface area (Å²) < 4.78 is 0. The van der Waals surface area contributed by atoms with Crippen molar-refractivity contribution < 1.29 is 4.84 Å². The van der Waals surface area contributed by atoms with Crippen LogP contribution in [0.2, 0.25) is 0 Å². The third kappa shape index (κ3) is 1.59. The van der Waals surface area contributed by atoms with E-state index >= 15 is 0 Å². The van der Waals surface area contributed by atoms with Crippen molar-refractivity contribution in [3.05, 3.63) is 11.6 Å². The second-order valence-corrected chi connectivity index (χ2v) is 4.91. The van der Waals surface area contributed by atoms with E-state index in [1.54, 1.807) is 0 Å². The fourth-order valence-electron chi connectivity index (χ4n) is 2.93. The van der Waals surface area contributed by atoms with Gasteiger partial charge in [-0.25, -0.2) is 0 Å². The first-order valence-electron chi connectivity index (χ1n) is 5.96. The zero-order valence-electron chi connectivity index (χ0n) is 9.28. The molecule has 15 heavy (non-hydrogen) atoms. The van der Waals surface area contributed by atoms with Crippen LogP contribution in [-0.4, -0.2) is 36.9 Å². The predicted octanol–water partition coefficient (Wildman–Crippen LogP) is 1.80. The zero-order valence-corrected chi connectivity index (χ0v) is 9.28. The molecule has 1 saturated carbocycles. The van der Waals surface area contributed by atoms with E-state index in [-0.39, 0.29) is 0 Å². The third-order valence-corrected chi connectivity index (χ3v) is 3.76. The van der Waals surface area contributed by atoms with E-state index < -0.39 is 0 Å². The molecule has 1 aliphatic carbocycles. The maximum atomic E-state index is 5.51. The number of nitrogens with zero attached hydrogens (tertiary/aromatic N) is 2. The van der Waals surface area contributed by atoms with Crippen molar-refractivity contribution >= 4 is 5.71 Å². The van der Waals surface area contributed by atoms with E-state index in [0.29, 0.717) is 12.0 Å². The summed E-state index contributed by atoms with van der Waals surface area (Å²) in [6, 6.07) is 0.